The second-order valence-electron chi connectivity index (χ2n) is 9.68. The predicted molar refractivity (Wildman–Crippen MR) is 181 cm³/mol. The van der Waals surface area contributed by atoms with Gasteiger partial charge < -0.3 is 16.0 Å². The average molecular weight is 663 g/mol. The molecule has 0 saturated carbocycles. The first-order chi connectivity index (χ1) is 21.4. The molecule has 0 bridgehead atoms. The summed E-state index contributed by atoms with van der Waals surface area (Å²) in [5.41, 5.74) is 3.35. The van der Waals surface area contributed by atoms with E-state index >= 15 is 0 Å². The Balaban J connectivity index is 1.36. The maximum Gasteiger partial charge on any atom is 0.272 e. The summed E-state index contributed by atoms with van der Waals surface area (Å²) in [5, 5.41) is 8.12. The molecule has 0 fully saturated rings. The van der Waals surface area contributed by atoms with E-state index in [0.717, 1.165) is 20.5 Å². The SMILES string of the molecule is O=C(Nc1cccc(SC(C(=O)Nc2ccc(Br)cc2)c2ccccc2)c1)/C(=C/c1ccccc1)NC(=O)c1ccccc1. The smallest absolute Gasteiger partial charge is 0.272 e. The molecule has 0 aliphatic heterocycles. The largest absolute Gasteiger partial charge is 0.325 e. The zero-order valence-electron chi connectivity index (χ0n) is 23.4. The number of halogens is 1. The minimum Gasteiger partial charge on any atom is -0.325 e. The van der Waals surface area contributed by atoms with Gasteiger partial charge in [-0.25, -0.2) is 0 Å². The van der Waals surface area contributed by atoms with Gasteiger partial charge in [-0.3, -0.25) is 14.4 Å². The number of carbonyl (C=O) groups is 3. The zero-order valence-corrected chi connectivity index (χ0v) is 25.8. The maximum atomic E-state index is 13.5. The van der Waals surface area contributed by atoms with Crippen molar-refractivity contribution in [2.45, 2.75) is 10.1 Å². The van der Waals surface area contributed by atoms with E-state index in [1.165, 1.54) is 11.8 Å². The molecule has 0 aromatic heterocycles. The summed E-state index contributed by atoms with van der Waals surface area (Å²) < 4.78 is 0.921. The number of hydrogen-bond donors (Lipinski definition) is 3. The molecule has 44 heavy (non-hydrogen) atoms. The molecule has 6 nitrogen and oxygen atoms in total. The van der Waals surface area contributed by atoms with Crippen LogP contribution in [0.25, 0.3) is 6.08 Å². The average Bonchev–Trinajstić information content (AvgIpc) is 3.06. The Kier molecular flexibility index (Phi) is 10.4. The fourth-order valence-electron chi connectivity index (χ4n) is 4.28. The standard InChI is InChI=1S/C36H28BrN3O3S/c37-28-19-21-29(22-20-28)38-36(43)33(26-13-6-2-7-14-26)44-31-18-10-17-30(24-31)39-35(42)32(23-25-11-4-1-5-12-25)40-34(41)27-15-8-3-9-16-27/h1-24,33H,(H,38,43)(H,39,42)(H,40,41)/b32-23-. The van der Waals surface area contributed by atoms with E-state index in [0.29, 0.717) is 16.9 Å². The van der Waals surface area contributed by atoms with Crippen LogP contribution in [0.1, 0.15) is 26.7 Å². The van der Waals surface area contributed by atoms with Gasteiger partial charge in [0, 0.05) is 26.3 Å². The summed E-state index contributed by atoms with van der Waals surface area (Å²) in [6.45, 7) is 0. The van der Waals surface area contributed by atoms with Gasteiger partial charge in [0.1, 0.15) is 10.9 Å². The molecule has 5 aromatic carbocycles. The van der Waals surface area contributed by atoms with Gasteiger partial charge in [-0.2, -0.15) is 0 Å². The highest BCUT2D eigenvalue weighted by Crippen LogP contribution is 2.37. The quantitative estimate of drug-likeness (QED) is 0.104. The first kappa shape index (κ1) is 30.5. The van der Waals surface area contributed by atoms with E-state index in [1.807, 2.05) is 109 Å². The Hall–Kier alpha value is -4.92. The Morgan fingerprint density at radius 1 is 0.659 bits per heavy atom. The van der Waals surface area contributed by atoms with E-state index in [2.05, 4.69) is 31.9 Å². The van der Waals surface area contributed by atoms with E-state index in [9.17, 15) is 14.4 Å². The summed E-state index contributed by atoms with van der Waals surface area (Å²) in [6.07, 6.45) is 1.63. The van der Waals surface area contributed by atoms with Crippen molar-refractivity contribution in [3.63, 3.8) is 0 Å². The number of rotatable bonds is 10. The second-order valence-corrected chi connectivity index (χ2v) is 11.8. The Morgan fingerprint density at radius 2 is 1.30 bits per heavy atom. The monoisotopic (exact) mass is 661 g/mol. The number of anilines is 2. The maximum absolute atomic E-state index is 13.5. The zero-order chi connectivity index (χ0) is 30.7. The van der Waals surface area contributed by atoms with E-state index < -0.39 is 17.1 Å². The van der Waals surface area contributed by atoms with Crippen molar-refractivity contribution in [3.8, 4) is 0 Å². The van der Waals surface area contributed by atoms with Crippen LogP contribution in [-0.2, 0) is 9.59 Å². The first-order valence-electron chi connectivity index (χ1n) is 13.8. The molecule has 3 N–H and O–H groups in total. The van der Waals surface area contributed by atoms with Crippen molar-refractivity contribution in [1.82, 2.24) is 5.32 Å². The minimum atomic E-state index is -0.551. The fourth-order valence-corrected chi connectivity index (χ4v) is 5.63. The van der Waals surface area contributed by atoms with Gasteiger partial charge >= 0.3 is 0 Å². The molecule has 8 heteroatoms. The van der Waals surface area contributed by atoms with Crippen molar-refractivity contribution in [2.24, 2.45) is 0 Å². The van der Waals surface area contributed by atoms with Crippen LogP contribution in [0.5, 0.6) is 0 Å². The van der Waals surface area contributed by atoms with E-state index in [-0.39, 0.29) is 11.6 Å². The van der Waals surface area contributed by atoms with Crippen LogP contribution in [0.2, 0.25) is 0 Å². The summed E-state index contributed by atoms with van der Waals surface area (Å²) >= 11 is 4.80. The van der Waals surface area contributed by atoms with Crippen LogP contribution in [0.3, 0.4) is 0 Å². The summed E-state index contributed by atoms with van der Waals surface area (Å²) in [4.78, 5) is 40.7. The molecule has 218 valence electrons. The molecular weight excluding hydrogens is 634 g/mol. The highest BCUT2D eigenvalue weighted by Gasteiger charge is 2.23. The Bertz CT molecular complexity index is 1760. The molecule has 0 spiro atoms. The molecule has 3 amide bonds. The summed E-state index contributed by atoms with van der Waals surface area (Å²) in [6, 6.07) is 42.2. The van der Waals surface area contributed by atoms with Crippen LogP contribution in [0, 0.1) is 0 Å². The summed E-state index contributed by atoms with van der Waals surface area (Å²) in [5.74, 6) is -1.04. The normalized spacial score (nSPS) is 11.7. The molecule has 0 aliphatic rings. The van der Waals surface area contributed by atoms with E-state index in [4.69, 9.17) is 0 Å². The Labute approximate surface area is 268 Å². The third kappa shape index (κ3) is 8.56. The van der Waals surface area contributed by atoms with Gasteiger partial charge in [0.2, 0.25) is 5.91 Å². The van der Waals surface area contributed by atoms with Crippen LogP contribution in [-0.4, -0.2) is 17.7 Å². The molecule has 0 saturated heterocycles. The molecule has 1 atom stereocenters. The highest BCUT2D eigenvalue weighted by atomic mass is 79.9. The molecule has 1 unspecified atom stereocenters. The van der Waals surface area contributed by atoms with Crippen molar-refractivity contribution in [3.05, 3.63) is 166 Å². The number of hydrogen-bond acceptors (Lipinski definition) is 4. The molecule has 0 aliphatic carbocycles. The number of carbonyl (C=O) groups excluding carboxylic acids is 3. The van der Waals surface area contributed by atoms with Crippen LogP contribution in [0.4, 0.5) is 11.4 Å². The van der Waals surface area contributed by atoms with Crippen LogP contribution >= 0.6 is 27.7 Å². The molecule has 5 aromatic rings. The molecule has 0 radical (unpaired) electrons. The Morgan fingerprint density at radius 3 is 1.98 bits per heavy atom. The van der Waals surface area contributed by atoms with Gasteiger partial charge in [0.15, 0.2) is 0 Å². The lowest BCUT2D eigenvalue weighted by molar-refractivity contribution is -0.116. The number of nitrogens with one attached hydrogen (secondary N) is 3. The van der Waals surface area contributed by atoms with Crippen molar-refractivity contribution >= 4 is 62.9 Å². The second kappa shape index (κ2) is 15.0. The van der Waals surface area contributed by atoms with Crippen molar-refractivity contribution in [1.29, 1.82) is 0 Å². The number of amides is 3. The molecule has 0 heterocycles. The van der Waals surface area contributed by atoms with Gasteiger partial charge in [-0.05, 0) is 71.8 Å². The highest BCUT2D eigenvalue weighted by molar-refractivity contribution is 9.10. The lowest BCUT2D eigenvalue weighted by atomic mass is 10.1. The first-order valence-corrected chi connectivity index (χ1v) is 15.4. The number of thioether (sulfide) groups is 1. The third-order valence-corrected chi connectivity index (χ3v) is 8.21. The lowest BCUT2D eigenvalue weighted by Gasteiger charge is -2.18. The lowest BCUT2D eigenvalue weighted by Crippen LogP contribution is -2.30. The third-order valence-electron chi connectivity index (χ3n) is 6.44. The number of benzene rings is 5. The van der Waals surface area contributed by atoms with Gasteiger partial charge in [-0.1, -0.05) is 101 Å². The van der Waals surface area contributed by atoms with E-state index in [1.54, 1.807) is 36.4 Å². The van der Waals surface area contributed by atoms with Crippen molar-refractivity contribution < 1.29 is 14.4 Å². The van der Waals surface area contributed by atoms with Crippen molar-refractivity contribution in [2.75, 3.05) is 10.6 Å². The predicted octanol–water partition coefficient (Wildman–Crippen LogP) is 8.33. The van der Waals surface area contributed by atoms with Crippen LogP contribution in [0.15, 0.2) is 155 Å². The van der Waals surface area contributed by atoms with Gasteiger partial charge in [0.05, 0.1) is 0 Å². The van der Waals surface area contributed by atoms with Gasteiger partial charge in [-0.15, -0.1) is 11.8 Å². The van der Waals surface area contributed by atoms with Gasteiger partial charge in [0.25, 0.3) is 11.8 Å². The van der Waals surface area contributed by atoms with Crippen LogP contribution < -0.4 is 16.0 Å². The molecule has 5 rings (SSSR count). The minimum absolute atomic E-state index is 0.0964. The topological polar surface area (TPSA) is 87.3 Å². The summed E-state index contributed by atoms with van der Waals surface area (Å²) in [7, 11) is 0. The fraction of sp³-hybridized carbons (Fsp3) is 0.0278. The molecular formula is C36H28BrN3O3S.